The van der Waals surface area contributed by atoms with E-state index in [9.17, 15) is 0 Å². The van der Waals surface area contributed by atoms with Crippen molar-refractivity contribution in [3.63, 3.8) is 0 Å². The molecule has 0 radical (unpaired) electrons. The average Bonchev–Trinajstić information content (AvgIpc) is 2.19. The number of hydrogen-bond acceptors (Lipinski definition) is 2. The highest BCUT2D eigenvalue weighted by Crippen LogP contribution is 2.19. The molecule has 0 aliphatic carbocycles. The second-order valence-corrected chi connectivity index (χ2v) is 4.39. The molecule has 82 valence electrons. The number of rotatable bonds is 4. The lowest BCUT2D eigenvalue weighted by Crippen LogP contribution is -2.50. The second kappa shape index (κ2) is 4.86. The van der Waals surface area contributed by atoms with Gasteiger partial charge in [-0.15, -0.1) is 0 Å². The van der Waals surface area contributed by atoms with Crippen molar-refractivity contribution < 1.29 is 0 Å². The zero-order chi connectivity index (χ0) is 10.7. The number of anilines is 1. The van der Waals surface area contributed by atoms with E-state index in [1.54, 1.807) is 0 Å². The zero-order valence-corrected chi connectivity index (χ0v) is 9.80. The van der Waals surface area contributed by atoms with Crippen molar-refractivity contribution >= 4 is 17.3 Å². The van der Waals surface area contributed by atoms with E-state index in [0.717, 1.165) is 18.1 Å². The van der Waals surface area contributed by atoms with E-state index < -0.39 is 0 Å². The van der Waals surface area contributed by atoms with Crippen LogP contribution in [0.5, 0.6) is 0 Å². The van der Waals surface area contributed by atoms with E-state index in [4.69, 9.17) is 11.6 Å². The van der Waals surface area contributed by atoms with E-state index in [1.807, 2.05) is 12.1 Å². The van der Waals surface area contributed by atoms with Crippen molar-refractivity contribution in [2.45, 2.75) is 19.4 Å². The van der Waals surface area contributed by atoms with Crippen molar-refractivity contribution in [2.75, 3.05) is 24.5 Å². The minimum absolute atomic E-state index is 0.667. The predicted octanol–water partition coefficient (Wildman–Crippen LogP) is 2.53. The van der Waals surface area contributed by atoms with E-state index in [0.29, 0.717) is 6.04 Å². The molecule has 3 heteroatoms. The van der Waals surface area contributed by atoms with Gasteiger partial charge >= 0.3 is 0 Å². The fraction of sp³-hybridized carbons (Fsp3) is 0.500. The van der Waals surface area contributed by atoms with Crippen LogP contribution in [0.3, 0.4) is 0 Å². The molecule has 1 heterocycles. The van der Waals surface area contributed by atoms with Gasteiger partial charge < -0.3 is 10.2 Å². The molecule has 15 heavy (non-hydrogen) atoms. The van der Waals surface area contributed by atoms with Gasteiger partial charge in [0.2, 0.25) is 0 Å². The summed E-state index contributed by atoms with van der Waals surface area (Å²) in [5, 5.41) is 4.23. The van der Waals surface area contributed by atoms with Gasteiger partial charge in [0.15, 0.2) is 0 Å². The molecular weight excluding hydrogens is 208 g/mol. The van der Waals surface area contributed by atoms with Gasteiger partial charge in [0.25, 0.3) is 0 Å². The van der Waals surface area contributed by atoms with Gasteiger partial charge in [0, 0.05) is 29.8 Å². The molecule has 1 fully saturated rings. The molecule has 0 bridgehead atoms. The van der Waals surface area contributed by atoms with Gasteiger partial charge in [0.1, 0.15) is 0 Å². The Labute approximate surface area is 96.2 Å². The summed E-state index contributed by atoms with van der Waals surface area (Å²) in [4.78, 5) is 2.38. The summed E-state index contributed by atoms with van der Waals surface area (Å²) >= 11 is 5.87. The quantitative estimate of drug-likeness (QED) is 0.846. The molecule has 0 spiro atoms. The van der Waals surface area contributed by atoms with Gasteiger partial charge in [-0.05, 0) is 44.2 Å². The van der Waals surface area contributed by atoms with E-state index in [1.165, 1.54) is 18.7 Å². The third-order valence-electron chi connectivity index (χ3n) is 2.94. The van der Waals surface area contributed by atoms with Gasteiger partial charge in [0.05, 0.1) is 0 Å². The molecule has 1 saturated heterocycles. The molecule has 0 saturated carbocycles. The zero-order valence-electron chi connectivity index (χ0n) is 9.04. The van der Waals surface area contributed by atoms with Crippen LogP contribution in [-0.2, 0) is 0 Å². The lowest BCUT2D eigenvalue weighted by molar-refractivity contribution is 0.371. The van der Waals surface area contributed by atoms with Crippen LogP contribution in [-0.4, -0.2) is 25.7 Å². The van der Waals surface area contributed by atoms with Crippen LogP contribution in [0.15, 0.2) is 24.3 Å². The first kappa shape index (κ1) is 10.8. The third kappa shape index (κ3) is 2.64. The Kier molecular flexibility index (Phi) is 3.49. The summed E-state index contributed by atoms with van der Waals surface area (Å²) in [5.74, 6) is 0. The van der Waals surface area contributed by atoms with Crippen LogP contribution in [0.4, 0.5) is 5.69 Å². The smallest absolute Gasteiger partial charge is 0.0407 e. The molecular formula is C12H17ClN2. The number of nitrogens with zero attached hydrogens (tertiary/aromatic N) is 1. The Morgan fingerprint density at radius 2 is 2.07 bits per heavy atom. The summed E-state index contributed by atoms with van der Waals surface area (Å²) in [6, 6.07) is 8.75. The number of halogens is 1. The Morgan fingerprint density at radius 3 is 2.53 bits per heavy atom. The van der Waals surface area contributed by atoms with Crippen molar-refractivity contribution in [3.8, 4) is 0 Å². The normalized spacial score (nSPS) is 19.7. The molecule has 1 aromatic rings. The topological polar surface area (TPSA) is 15.3 Å². The molecule has 1 unspecified atom stereocenters. The molecule has 1 atom stereocenters. The van der Waals surface area contributed by atoms with Crippen LogP contribution in [0.25, 0.3) is 0 Å². The highest BCUT2D eigenvalue weighted by molar-refractivity contribution is 6.30. The molecule has 1 aliphatic heterocycles. The predicted molar refractivity (Wildman–Crippen MR) is 65.7 cm³/mol. The maximum absolute atomic E-state index is 5.87. The van der Waals surface area contributed by atoms with Gasteiger partial charge in [-0.3, -0.25) is 0 Å². The molecule has 1 aromatic carbocycles. The van der Waals surface area contributed by atoms with Crippen LogP contribution < -0.4 is 10.2 Å². The summed E-state index contributed by atoms with van der Waals surface area (Å²) in [5.41, 5.74) is 1.26. The van der Waals surface area contributed by atoms with E-state index in [-0.39, 0.29) is 0 Å². The maximum atomic E-state index is 5.87. The summed E-state index contributed by atoms with van der Waals surface area (Å²) in [6.45, 7) is 5.49. The van der Waals surface area contributed by atoms with E-state index >= 15 is 0 Å². The average molecular weight is 225 g/mol. The second-order valence-electron chi connectivity index (χ2n) is 3.95. The van der Waals surface area contributed by atoms with Crippen LogP contribution in [0.1, 0.15) is 13.3 Å². The van der Waals surface area contributed by atoms with E-state index in [2.05, 4.69) is 29.3 Å². The highest BCUT2D eigenvalue weighted by atomic mass is 35.5. The first-order valence-corrected chi connectivity index (χ1v) is 5.91. The van der Waals surface area contributed by atoms with Crippen molar-refractivity contribution in [1.82, 2.24) is 5.32 Å². The molecule has 1 N–H and O–H groups in total. The fourth-order valence-corrected chi connectivity index (χ4v) is 1.97. The molecule has 0 amide bonds. The molecule has 0 aromatic heterocycles. The van der Waals surface area contributed by atoms with Crippen molar-refractivity contribution in [1.29, 1.82) is 0 Å². The number of nitrogens with one attached hydrogen (secondary N) is 1. The lowest BCUT2D eigenvalue weighted by Gasteiger charge is -2.34. The Balaban J connectivity index is 2.01. The number of hydrogen-bond donors (Lipinski definition) is 1. The SMILES string of the molecule is CCN(CC1CCN1)c1ccc(Cl)cc1. The summed E-state index contributed by atoms with van der Waals surface area (Å²) < 4.78 is 0. The number of likely N-dealkylation sites (N-methyl/N-ethyl adjacent to an activating group) is 1. The highest BCUT2D eigenvalue weighted by Gasteiger charge is 2.19. The molecule has 1 aliphatic rings. The number of benzene rings is 1. The first-order chi connectivity index (χ1) is 7.29. The minimum Gasteiger partial charge on any atom is -0.370 e. The monoisotopic (exact) mass is 224 g/mol. The lowest BCUT2D eigenvalue weighted by atomic mass is 10.1. The summed E-state index contributed by atoms with van der Waals surface area (Å²) in [6.07, 6.45) is 1.30. The van der Waals surface area contributed by atoms with Gasteiger partial charge in [-0.2, -0.15) is 0 Å². The minimum atomic E-state index is 0.667. The van der Waals surface area contributed by atoms with Gasteiger partial charge in [-0.25, -0.2) is 0 Å². The van der Waals surface area contributed by atoms with Gasteiger partial charge in [-0.1, -0.05) is 11.6 Å². The maximum Gasteiger partial charge on any atom is 0.0407 e. The van der Waals surface area contributed by atoms with Crippen molar-refractivity contribution in [2.24, 2.45) is 0 Å². The molecule has 2 rings (SSSR count). The van der Waals surface area contributed by atoms with Crippen LogP contribution in [0.2, 0.25) is 5.02 Å². The first-order valence-electron chi connectivity index (χ1n) is 5.53. The Bertz CT molecular complexity index is 306. The third-order valence-corrected chi connectivity index (χ3v) is 3.19. The molecule has 2 nitrogen and oxygen atoms in total. The Morgan fingerprint density at radius 1 is 1.40 bits per heavy atom. The fourth-order valence-electron chi connectivity index (χ4n) is 1.84. The van der Waals surface area contributed by atoms with Crippen LogP contribution in [0, 0.1) is 0 Å². The largest absolute Gasteiger partial charge is 0.370 e. The van der Waals surface area contributed by atoms with Crippen LogP contribution >= 0.6 is 11.6 Å². The summed E-state index contributed by atoms with van der Waals surface area (Å²) in [7, 11) is 0. The Hall–Kier alpha value is -0.730. The standard InChI is InChI=1S/C12H17ClN2/c1-2-15(9-11-7-8-14-11)12-5-3-10(13)4-6-12/h3-6,11,14H,2,7-9H2,1H3. The van der Waals surface area contributed by atoms with Crippen molar-refractivity contribution in [3.05, 3.63) is 29.3 Å².